The Kier molecular flexibility index (Phi) is 5.91. The molecule has 1 amide bonds. The molecule has 156 valence electrons. The largest absolute Gasteiger partial charge is 0.478 e. The van der Waals surface area contributed by atoms with E-state index in [0.717, 1.165) is 19.0 Å². The second-order valence-corrected chi connectivity index (χ2v) is 7.69. The van der Waals surface area contributed by atoms with Gasteiger partial charge in [0.2, 0.25) is 0 Å². The smallest absolute Gasteiger partial charge is 0.335 e. The molecule has 1 N–H and O–H groups in total. The van der Waals surface area contributed by atoms with Gasteiger partial charge in [-0.1, -0.05) is 0 Å². The van der Waals surface area contributed by atoms with Crippen LogP contribution in [0.5, 0.6) is 0 Å². The Hall–Kier alpha value is -3.04. The predicted molar refractivity (Wildman–Crippen MR) is 115 cm³/mol. The molecule has 30 heavy (non-hydrogen) atoms. The van der Waals surface area contributed by atoms with Crippen molar-refractivity contribution in [3.05, 3.63) is 52.6 Å². The highest BCUT2D eigenvalue weighted by Gasteiger charge is 2.32. The second kappa shape index (κ2) is 8.76. The minimum absolute atomic E-state index is 0.132. The number of thioether (sulfide) groups is 1. The van der Waals surface area contributed by atoms with E-state index in [9.17, 15) is 9.59 Å². The molecule has 1 aromatic carbocycles. The van der Waals surface area contributed by atoms with Gasteiger partial charge in [-0.3, -0.25) is 9.69 Å². The van der Waals surface area contributed by atoms with E-state index in [4.69, 9.17) is 14.3 Å². The van der Waals surface area contributed by atoms with Crippen LogP contribution in [0.2, 0.25) is 0 Å². The van der Waals surface area contributed by atoms with Crippen LogP contribution in [0.4, 0.5) is 11.6 Å². The molecule has 2 saturated heterocycles. The van der Waals surface area contributed by atoms with E-state index in [1.807, 2.05) is 19.1 Å². The number of rotatable bonds is 5. The van der Waals surface area contributed by atoms with Crippen LogP contribution in [0, 0.1) is 0 Å². The summed E-state index contributed by atoms with van der Waals surface area (Å²) < 4.78 is 11.3. The standard InChI is InChI=1S/C21H21N3O5S/c1-2-24-19(25)17(13-16-7-8-18(29-16)23-9-11-28-12-10-23)30-21(24)22-15-5-3-14(4-6-15)20(26)27/h3-8,13H,2,9-12H2,1H3,(H,26,27)/b17-13-,22-21?. The third kappa shape index (κ3) is 4.27. The fourth-order valence-electron chi connectivity index (χ4n) is 3.16. The van der Waals surface area contributed by atoms with Crippen molar-refractivity contribution in [2.24, 2.45) is 4.99 Å². The van der Waals surface area contributed by atoms with Gasteiger partial charge in [-0.25, -0.2) is 9.79 Å². The van der Waals surface area contributed by atoms with Crippen LogP contribution in [-0.4, -0.2) is 59.9 Å². The Balaban J connectivity index is 1.54. The van der Waals surface area contributed by atoms with Gasteiger partial charge in [-0.2, -0.15) is 0 Å². The first-order valence-electron chi connectivity index (χ1n) is 9.61. The molecule has 4 rings (SSSR count). The number of carboxylic acids is 1. The maximum absolute atomic E-state index is 12.8. The Morgan fingerprint density at radius 2 is 1.93 bits per heavy atom. The number of nitrogens with zero attached hydrogens (tertiary/aromatic N) is 3. The predicted octanol–water partition coefficient (Wildman–Crippen LogP) is 3.44. The number of ether oxygens (including phenoxy) is 1. The van der Waals surface area contributed by atoms with Crippen molar-refractivity contribution in [1.29, 1.82) is 0 Å². The summed E-state index contributed by atoms with van der Waals surface area (Å²) in [7, 11) is 0. The molecule has 0 radical (unpaired) electrons. The van der Waals surface area contributed by atoms with E-state index < -0.39 is 5.97 Å². The number of carbonyl (C=O) groups excluding carboxylic acids is 1. The van der Waals surface area contributed by atoms with Crippen molar-refractivity contribution >= 4 is 46.5 Å². The van der Waals surface area contributed by atoms with E-state index in [1.165, 1.54) is 23.9 Å². The molecule has 8 nitrogen and oxygen atoms in total. The van der Waals surface area contributed by atoms with E-state index in [-0.39, 0.29) is 11.5 Å². The summed E-state index contributed by atoms with van der Waals surface area (Å²) >= 11 is 1.27. The zero-order valence-electron chi connectivity index (χ0n) is 16.4. The van der Waals surface area contributed by atoms with Gasteiger partial charge in [0, 0.05) is 31.8 Å². The molecule has 0 spiro atoms. The van der Waals surface area contributed by atoms with Crippen LogP contribution < -0.4 is 4.90 Å². The molecule has 2 aliphatic heterocycles. The van der Waals surface area contributed by atoms with Crippen LogP contribution in [0.3, 0.4) is 0 Å². The van der Waals surface area contributed by atoms with E-state index >= 15 is 0 Å². The van der Waals surface area contributed by atoms with Gasteiger partial charge < -0.3 is 19.2 Å². The van der Waals surface area contributed by atoms with Crippen molar-refractivity contribution in [3.8, 4) is 0 Å². The number of likely N-dealkylation sites (N-methyl/N-ethyl adjacent to an activating group) is 1. The van der Waals surface area contributed by atoms with Crippen molar-refractivity contribution in [2.75, 3.05) is 37.7 Å². The molecule has 2 fully saturated rings. The first-order chi connectivity index (χ1) is 14.5. The number of morpholine rings is 1. The minimum Gasteiger partial charge on any atom is -0.478 e. The summed E-state index contributed by atoms with van der Waals surface area (Å²) in [5.41, 5.74) is 0.776. The average molecular weight is 427 g/mol. The molecular formula is C21H21N3O5S. The Labute approximate surface area is 177 Å². The van der Waals surface area contributed by atoms with Crippen molar-refractivity contribution in [1.82, 2.24) is 4.90 Å². The highest BCUT2D eigenvalue weighted by molar-refractivity contribution is 8.18. The zero-order valence-corrected chi connectivity index (χ0v) is 17.2. The monoisotopic (exact) mass is 427 g/mol. The Morgan fingerprint density at radius 3 is 2.60 bits per heavy atom. The first-order valence-corrected chi connectivity index (χ1v) is 10.4. The van der Waals surface area contributed by atoms with Crippen molar-refractivity contribution in [2.45, 2.75) is 6.92 Å². The number of hydrogen-bond donors (Lipinski definition) is 1. The number of furan rings is 1. The molecule has 2 aromatic rings. The number of aromatic carboxylic acids is 1. The normalized spacial score (nSPS) is 19.8. The molecule has 0 unspecified atom stereocenters. The molecule has 0 bridgehead atoms. The van der Waals surface area contributed by atoms with Gasteiger partial charge in [0.25, 0.3) is 5.91 Å². The molecule has 9 heteroatoms. The lowest BCUT2D eigenvalue weighted by molar-refractivity contribution is -0.122. The maximum Gasteiger partial charge on any atom is 0.335 e. The van der Waals surface area contributed by atoms with E-state index in [1.54, 1.807) is 23.1 Å². The summed E-state index contributed by atoms with van der Waals surface area (Å²) in [6, 6.07) is 9.98. The second-order valence-electron chi connectivity index (χ2n) is 6.68. The molecule has 0 atom stereocenters. The number of aliphatic imine (C=N–C) groups is 1. The topological polar surface area (TPSA) is 95.6 Å². The maximum atomic E-state index is 12.8. The number of benzene rings is 1. The van der Waals surface area contributed by atoms with Crippen molar-refractivity contribution in [3.63, 3.8) is 0 Å². The lowest BCUT2D eigenvalue weighted by atomic mass is 10.2. The number of carbonyl (C=O) groups is 2. The van der Waals surface area contributed by atoms with Gasteiger partial charge in [0.05, 0.1) is 29.4 Å². The van der Waals surface area contributed by atoms with Crippen LogP contribution >= 0.6 is 11.8 Å². The lowest BCUT2D eigenvalue weighted by Crippen LogP contribution is -2.35. The molecule has 0 aliphatic carbocycles. The fourth-order valence-corrected chi connectivity index (χ4v) is 4.20. The third-order valence-electron chi connectivity index (χ3n) is 4.75. The Morgan fingerprint density at radius 1 is 1.20 bits per heavy atom. The summed E-state index contributed by atoms with van der Waals surface area (Å²) in [4.78, 5) is 32.6. The average Bonchev–Trinajstić information content (AvgIpc) is 3.34. The number of amides is 1. The van der Waals surface area contributed by atoms with E-state index in [0.29, 0.717) is 41.3 Å². The molecule has 3 heterocycles. The van der Waals surface area contributed by atoms with Gasteiger partial charge >= 0.3 is 5.97 Å². The number of hydrogen-bond acceptors (Lipinski definition) is 7. The molecule has 1 aromatic heterocycles. The van der Waals surface area contributed by atoms with Crippen molar-refractivity contribution < 1.29 is 23.8 Å². The van der Waals surface area contributed by atoms with Gasteiger partial charge in [-0.15, -0.1) is 0 Å². The number of anilines is 1. The lowest BCUT2D eigenvalue weighted by Gasteiger charge is -2.26. The summed E-state index contributed by atoms with van der Waals surface area (Å²) in [6.07, 6.45) is 1.73. The summed E-state index contributed by atoms with van der Waals surface area (Å²) in [6.45, 7) is 5.26. The summed E-state index contributed by atoms with van der Waals surface area (Å²) in [5.74, 6) is 0.249. The van der Waals surface area contributed by atoms with E-state index in [2.05, 4.69) is 9.89 Å². The fraction of sp³-hybridized carbons (Fsp3) is 0.286. The van der Waals surface area contributed by atoms with Gasteiger partial charge in [-0.05, 0) is 49.0 Å². The third-order valence-corrected chi connectivity index (χ3v) is 5.76. The van der Waals surface area contributed by atoms with Gasteiger partial charge in [0.15, 0.2) is 11.1 Å². The van der Waals surface area contributed by atoms with Gasteiger partial charge in [0.1, 0.15) is 5.76 Å². The van der Waals surface area contributed by atoms with Crippen LogP contribution in [0.25, 0.3) is 6.08 Å². The molecule has 2 aliphatic rings. The summed E-state index contributed by atoms with van der Waals surface area (Å²) in [5, 5.41) is 9.57. The van der Waals surface area contributed by atoms with Crippen LogP contribution in [-0.2, 0) is 9.53 Å². The molecular weight excluding hydrogens is 406 g/mol. The first kappa shape index (κ1) is 20.2. The number of amidine groups is 1. The highest BCUT2D eigenvalue weighted by atomic mass is 32.2. The quantitative estimate of drug-likeness (QED) is 0.730. The highest BCUT2D eigenvalue weighted by Crippen LogP contribution is 2.34. The zero-order chi connectivity index (χ0) is 21.1. The number of carboxylic acid groups (broad SMARTS) is 1. The SMILES string of the molecule is CCN1C(=O)/C(=C/c2ccc(N3CCOCC3)o2)SC1=Nc1ccc(C(=O)O)cc1. The molecule has 0 saturated carbocycles. The minimum atomic E-state index is -0.991. The Bertz CT molecular complexity index is 1010. The van der Waals surface area contributed by atoms with Crippen LogP contribution in [0.15, 0.2) is 50.7 Å². The van der Waals surface area contributed by atoms with Crippen LogP contribution in [0.1, 0.15) is 23.0 Å².